The molecule has 6 nitrogen and oxygen atoms in total. The average Bonchev–Trinajstić information content (AvgIpc) is 3.01. The van der Waals surface area contributed by atoms with Gasteiger partial charge in [0.25, 0.3) is 0 Å². The lowest BCUT2D eigenvalue weighted by molar-refractivity contribution is -0.143. The lowest BCUT2D eigenvalue weighted by atomic mass is 10.1. The van der Waals surface area contributed by atoms with Gasteiger partial charge in [0.05, 0.1) is 16.1 Å². The predicted octanol–water partition coefficient (Wildman–Crippen LogP) is 4.42. The van der Waals surface area contributed by atoms with E-state index in [1.54, 1.807) is 18.2 Å². The van der Waals surface area contributed by atoms with Crippen LogP contribution in [0.25, 0.3) is 6.08 Å². The summed E-state index contributed by atoms with van der Waals surface area (Å²) in [7, 11) is 1.29. The molecule has 2 aromatic rings. The topological polar surface area (TPSA) is 74.2 Å². The second kappa shape index (κ2) is 8.70. The summed E-state index contributed by atoms with van der Waals surface area (Å²) in [4.78, 5) is 27.7. The standard InChI is InChI=1S/C20H15Br2NO5/c1-11-3-5-13(6-4-11)19-23-16(20(25)28-19)9-12-7-14(21)18(15(22)8-12)27-10-17(24)26-2/h3-9H,10H2,1-2H3/b16-9-. The first kappa shape index (κ1) is 20.3. The number of halogens is 2. The predicted molar refractivity (Wildman–Crippen MR) is 111 cm³/mol. The van der Waals surface area contributed by atoms with E-state index in [1.165, 1.54) is 7.11 Å². The van der Waals surface area contributed by atoms with Crippen LogP contribution in [-0.4, -0.2) is 31.6 Å². The summed E-state index contributed by atoms with van der Waals surface area (Å²) in [5.74, 6) is -0.289. The van der Waals surface area contributed by atoms with Crippen LogP contribution in [0.3, 0.4) is 0 Å². The van der Waals surface area contributed by atoms with Gasteiger partial charge in [0.1, 0.15) is 5.75 Å². The zero-order chi connectivity index (χ0) is 20.3. The van der Waals surface area contributed by atoms with Crippen molar-refractivity contribution in [3.63, 3.8) is 0 Å². The SMILES string of the molecule is COC(=O)COc1c(Br)cc(/C=C2\N=C(c3ccc(C)cc3)OC2=O)cc1Br. The van der Waals surface area contributed by atoms with Crippen molar-refractivity contribution in [3.05, 3.63) is 67.7 Å². The number of ether oxygens (including phenoxy) is 3. The Hall–Kier alpha value is -2.45. The molecule has 1 aliphatic heterocycles. The number of nitrogens with zero attached hydrogens (tertiary/aromatic N) is 1. The molecule has 0 spiro atoms. The summed E-state index contributed by atoms with van der Waals surface area (Å²) >= 11 is 6.80. The van der Waals surface area contributed by atoms with E-state index in [1.807, 2.05) is 31.2 Å². The van der Waals surface area contributed by atoms with E-state index < -0.39 is 11.9 Å². The molecule has 0 radical (unpaired) electrons. The third-order valence-corrected chi connectivity index (χ3v) is 4.98. The molecule has 0 fully saturated rings. The third kappa shape index (κ3) is 4.69. The molecule has 2 aromatic carbocycles. The molecule has 0 saturated heterocycles. The van der Waals surface area contributed by atoms with Crippen LogP contribution in [-0.2, 0) is 19.1 Å². The molecule has 144 valence electrons. The number of carbonyl (C=O) groups excluding carboxylic acids is 2. The summed E-state index contributed by atoms with van der Waals surface area (Å²) in [6.45, 7) is 1.76. The minimum Gasteiger partial charge on any atom is -0.480 e. The van der Waals surface area contributed by atoms with Gasteiger partial charge in [-0.15, -0.1) is 0 Å². The number of aliphatic imine (C=N–C) groups is 1. The molecule has 28 heavy (non-hydrogen) atoms. The van der Waals surface area contributed by atoms with Gasteiger partial charge in [-0.25, -0.2) is 14.6 Å². The second-order valence-electron chi connectivity index (χ2n) is 5.88. The molecule has 0 atom stereocenters. The fourth-order valence-corrected chi connectivity index (χ4v) is 3.83. The molecule has 0 amide bonds. The minimum atomic E-state index is -0.520. The lowest BCUT2D eigenvalue weighted by Gasteiger charge is -2.10. The van der Waals surface area contributed by atoms with Gasteiger partial charge in [-0.3, -0.25) is 0 Å². The number of cyclic esters (lactones) is 1. The fourth-order valence-electron chi connectivity index (χ4n) is 2.38. The highest BCUT2D eigenvalue weighted by Crippen LogP contribution is 2.35. The molecular formula is C20H15Br2NO5. The molecule has 1 aliphatic rings. The molecular weight excluding hydrogens is 494 g/mol. The summed E-state index contributed by atoms with van der Waals surface area (Å²) in [6, 6.07) is 11.0. The fraction of sp³-hybridized carbons (Fsp3) is 0.150. The molecule has 0 aliphatic carbocycles. The minimum absolute atomic E-state index is 0.192. The van der Waals surface area contributed by atoms with Crippen LogP contribution in [0, 0.1) is 6.92 Å². The first-order valence-corrected chi connectivity index (χ1v) is 9.74. The Bertz CT molecular complexity index is 973. The van der Waals surface area contributed by atoms with E-state index in [9.17, 15) is 9.59 Å². The smallest absolute Gasteiger partial charge is 0.363 e. The van der Waals surface area contributed by atoms with Crippen LogP contribution >= 0.6 is 31.9 Å². The highest BCUT2D eigenvalue weighted by Gasteiger charge is 2.24. The van der Waals surface area contributed by atoms with Crippen LogP contribution in [0.1, 0.15) is 16.7 Å². The van der Waals surface area contributed by atoms with Crippen LogP contribution in [0.15, 0.2) is 56.0 Å². The summed E-state index contributed by atoms with van der Waals surface area (Å²) in [5.41, 5.74) is 2.73. The van der Waals surface area contributed by atoms with Gasteiger partial charge in [-0.1, -0.05) is 17.7 Å². The number of carbonyl (C=O) groups is 2. The summed E-state index contributed by atoms with van der Waals surface area (Å²) in [5, 5.41) is 0. The van der Waals surface area contributed by atoms with Gasteiger partial charge in [-0.2, -0.15) is 0 Å². The zero-order valence-corrected chi connectivity index (χ0v) is 18.2. The van der Waals surface area contributed by atoms with Crippen LogP contribution in [0.4, 0.5) is 0 Å². The van der Waals surface area contributed by atoms with Gasteiger partial charge in [0, 0.05) is 5.56 Å². The maximum atomic E-state index is 12.2. The number of esters is 2. The van der Waals surface area contributed by atoms with Crippen LogP contribution in [0.2, 0.25) is 0 Å². The Morgan fingerprint density at radius 2 is 1.82 bits per heavy atom. The Kier molecular flexibility index (Phi) is 6.31. The first-order chi connectivity index (χ1) is 13.4. The van der Waals surface area contributed by atoms with E-state index >= 15 is 0 Å². The van der Waals surface area contributed by atoms with Crippen LogP contribution < -0.4 is 4.74 Å². The molecule has 0 bridgehead atoms. The second-order valence-corrected chi connectivity index (χ2v) is 7.59. The maximum Gasteiger partial charge on any atom is 0.363 e. The van der Waals surface area contributed by atoms with Gasteiger partial charge >= 0.3 is 11.9 Å². The molecule has 8 heteroatoms. The Balaban J connectivity index is 1.85. The number of aryl methyl sites for hydroxylation is 1. The van der Waals surface area contributed by atoms with Crippen molar-refractivity contribution in [2.75, 3.05) is 13.7 Å². The number of rotatable bonds is 5. The number of hydrogen-bond donors (Lipinski definition) is 0. The van der Waals surface area contributed by atoms with Gasteiger partial charge in [-0.05, 0) is 74.7 Å². The average molecular weight is 509 g/mol. The number of benzene rings is 2. The van der Waals surface area contributed by atoms with Crippen LogP contribution in [0.5, 0.6) is 5.75 Å². The summed E-state index contributed by atoms with van der Waals surface area (Å²) < 4.78 is 16.5. The van der Waals surface area contributed by atoms with E-state index in [0.717, 1.165) is 11.1 Å². The van der Waals surface area contributed by atoms with Crippen molar-refractivity contribution in [2.45, 2.75) is 6.92 Å². The Morgan fingerprint density at radius 1 is 1.18 bits per heavy atom. The maximum absolute atomic E-state index is 12.2. The van der Waals surface area contributed by atoms with E-state index in [4.69, 9.17) is 9.47 Å². The molecule has 0 aromatic heterocycles. The largest absolute Gasteiger partial charge is 0.480 e. The molecule has 0 N–H and O–H groups in total. The van der Waals surface area contributed by atoms with Gasteiger partial charge in [0.15, 0.2) is 12.3 Å². The van der Waals surface area contributed by atoms with Crippen molar-refractivity contribution in [1.82, 2.24) is 0 Å². The van der Waals surface area contributed by atoms with E-state index in [0.29, 0.717) is 20.3 Å². The van der Waals surface area contributed by atoms with Crippen molar-refractivity contribution in [1.29, 1.82) is 0 Å². The molecule has 3 rings (SSSR count). The molecule has 0 saturated carbocycles. The lowest BCUT2D eigenvalue weighted by Crippen LogP contribution is -2.13. The van der Waals surface area contributed by atoms with Crippen molar-refractivity contribution in [3.8, 4) is 5.75 Å². The number of hydrogen-bond acceptors (Lipinski definition) is 6. The van der Waals surface area contributed by atoms with Gasteiger partial charge < -0.3 is 14.2 Å². The molecule has 1 heterocycles. The Labute approximate surface area is 178 Å². The highest BCUT2D eigenvalue weighted by atomic mass is 79.9. The summed E-state index contributed by atoms with van der Waals surface area (Å²) in [6.07, 6.45) is 1.61. The zero-order valence-electron chi connectivity index (χ0n) is 15.0. The van der Waals surface area contributed by atoms with Crippen molar-refractivity contribution in [2.24, 2.45) is 4.99 Å². The first-order valence-electron chi connectivity index (χ1n) is 8.15. The van der Waals surface area contributed by atoms with E-state index in [-0.39, 0.29) is 18.2 Å². The van der Waals surface area contributed by atoms with Crippen molar-refractivity contribution >= 4 is 55.8 Å². The van der Waals surface area contributed by atoms with Crippen molar-refractivity contribution < 1.29 is 23.8 Å². The normalized spacial score (nSPS) is 14.6. The quantitative estimate of drug-likeness (QED) is 0.441. The third-order valence-electron chi connectivity index (χ3n) is 3.81. The van der Waals surface area contributed by atoms with E-state index in [2.05, 4.69) is 41.6 Å². The Morgan fingerprint density at radius 3 is 2.43 bits per heavy atom. The van der Waals surface area contributed by atoms with Gasteiger partial charge in [0.2, 0.25) is 5.90 Å². The number of methoxy groups -OCH3 is 1. The monoisotopic (exact) mass is 507 g/mol. The highest BCUT2D eigenvalue weighted by molar-refractivity contribution is 9.11. The molecule has 0 unspecified atom stereocenters.